The van der Waals surface area contributed by atoms with Crippen molar-refractivity contribution in [2.75, 3.05) is 19.8 Å². The first-order valence-corrected chi connectivity index (χ1v) is 11.1. The van der Waals surface area contributed by atoms with E-state index < -0.39 is 74.6 Å². The monoisotopic (exact) mass is 478 g/mol. The van der Waals surface area contributed by atoms with E-state index in [1.807, 2.05) is 26.8 Å². The lowest BCUT2D eigenvalue weighted by molar-refractivity contribution is -0.330. The average Bonchev–Trinajstić information content (AvgIpc) is 2.77. The van der Waals surface area contributed by atoms with Crippen LogP contribution >= 0.6 is 0 Å². The molecular formula is C22H38O11. The molecule has 2 aliphatic heterocycles. The number of rotatable bonds is 10. The van der Waals surface area contributed by atoms with Gasteiger partial charge in [-0.2, -0.15) is 0 Å². The number of allylic oxidation sites excluding steroid dienone is 3. The van der Waals surface area contributed by atoms with E-state index in [1.165, 1.54) is 5.57 Å². The Hall–Kier alpha value is -0.960. The van der Waals surface area contributed by atoms with Gasteiger partial charge in [-0.1, -0.05) is 23.3 Å². The second-order valence-electron chi connectivity index (χ2n) is 8.75. The Morgan fingerprint density at radius 2 is 1.27 bits per heavy atom. The number of aliphatic hydroxyl groups excluding tert-OH is 7. The van der Waals surface area contributed by atoms with Crippen molar-refractivity contribution in [2.45, 2.75) is 95.0 Å². The highest BCUT2D eigenvalue weighted by Gasteiger charge is 2.47. The van der Waals surface area contributed by atoms with Gasteiger partial charge in [-0.15, -0.1) is 0 Å². The third-order valence-corrected chi connectivity index (χ3v) is 5.73. The lowest BCUT2D eigenvalue weighted by atomic mass is 9.98. The molecule has 2 rings (SSSR count). The number of hydrogen-bond acceptors (Lipinski definition) is 11. The molecule has 2 aliphatic rings. The molecule has 0 aromatic heterocycles. The van der Waals surface area contributed by atoms with Gasteiger partial charge in [0.1, 0.15) is 48.8 Å². The summed E-state index contributed by atoms with van der Waals surface area (Å²) in [7, 11) is 0. The first kappa shape index (κ1) is 28.3. The molecule has 0 bridgehead atoms. The highest BCUT2D eigenvalue weighted by atomic mass is 16.7. The van der Waals surface area contributed by atoms with Crippen LogP contribution in [-0.4, -0.2) is 117 Å². The molecule has 0 aliphatic carbocycles. The SMILES string of the molecule is CC(C)=CCC/C(C)=C/CO[C@@H]1O[C@H](CO[C@@H]2O[C@H](CO)[C@@H](O)[C@H](O)[C@H]2O)[C@@H](O)[C@H](O)[C@H]1O. The van der Waals surface area contributed by atoms with Crippen molar-refractivity contribution in [3.8, 4) is 0 Å². The lowest BCUT2D eigenvalue weighted by Gasteiger charge is -2.42. The molecule has 2 heterocycles. The third kappa shape index (κ3) is 7.77. The van der Waals surface area contributed by atoms with E-state index in [-0.39, 0.29) is 6.61 Å². The van der Waals surface area contributed by atoms with E-state index >= 15 is 0 Å². The normalized spacial score (nSPS) is 40.0. The largest absolute Gasteiger partial charge is 0.394 e. The summed E-state index contributed by atoms with van der Waals surface area (Å²) in [5.41, 5.74) is 2.32. The van der Waals surface area contributed by atoms with Gasteiger partial charge in [0.25, 0.3) is 0 Å². The van der Waals surface area contributed by atoms with Crippen molar-refractivity contribution in [1.29, 1.82) is 0 Å². The summed E-state index contributed by atoms with van der Waals surface area (Å²) in [6, 6.07) is 0. The fourth-order valence-electron chi connectivity index (χ4n) is 3.56. The maximum Gasteiger partial charge on any atom is 0.187 e. The zero-order valence-corrected chi connectivity index (χ0v) is 19.2. The Bertz CT molecular complexity index is 648. The zero-order chi connectivity index (χ0) is 24.7. The molecule has 11 nitrogen and oxygen atoms in total. The van der Waals surface area contributed by atoms with E-state index in [0.717, 1.165) is 18.4 Å². The molecule has 0 saturated carbocycles. The molecule has 0 radical (unpaired) electrons. The summed E-state index contributed by atoms with van der Waals surface area (Å²) in [4.78, 5) is 0. The van der Waals surface area contributed by atoms with Gasteiger partial charge in [0.15, 0.2) is 12.6 Å². The fraction of sp³-hybridized carbons (Fsp3) is 0.818. The predicted molar refractivity (Wildman–Crippen MR) is 115 cm³/mol. The van der Waals surface area contributed by atoms with Crippen molar-refractivity contribution < 1.29 is 54.7 Å². The predicted octanol–water partition coefficient (Wildman–Crippen LogP) is -1.68. The van der Waals surface area contributed by atoms with Gasteiger partial charge in [-0.3, -0.25) is 0 Å². The molecule has 0 amide bonds. The molecule has 0 unspecified atom stereocenters. The Balaban J connectivity index is 1.91. The van der Waals surface area contributed by atoms with Gasteiger partial charge in [0.05, 0.1) is 19.8 Å². The summed E-state index contributed by atoms with van der Waals surface area (Å²) in [5, 5.41) is 69.6. The van der Waals surface area contributed by atoms with Crippen LogP contribution in [0.3, 0.4) is 0 Å². The zero-order valence-electron chi connectivity index (χ0n) is 19.2. The Morgan fingerprint density at radius 3 is 1.85 bits per heavy atom. The van der Waals surface area contributed by atoms with Gasteiger partial charge in [0, 0.05) is 0 Å². The lowest BCUT2D eigenvalue weighted by Crippen LogP contribution is -2.61. The van der Waals surface area contributed by atoms with Crippen LogP contribution in [-0.2, 0) is 18.9 Å². The Morgan fingerprint density at radius 1 is 0.727 bits per heavy atom. The molecule has 2 fully saturated rings. The molecule has 10 atom stereocenters. The van der Waals surface area contributed by atoms with Crippen LogP contribution in [0.1, 0.15) is 33.6 Å². The van der Waals surface area contributed by atoms with Gasteiger partial charge in [0.2, 0.25) is 0 Å². The van der Waals surface area contributed by atoms with Gasteiger partial charge >= 0.3 is 0 Å². The summed E-state index contributed by atoms with van der Waals surface area (Å²) in [5.74, 6) is 0. The molecule has 0 spiro atoms. The van der Waals surface area contributed by atoms with Crippen LogP contribution < -0.4 is 0 Å². The van der Waals surface area contributed by atoms with E-state index in [9.17, 15) is 35.7 Å². The van der Waals surface area contributed by atoms with Crippen molar-refractivity contribution in [1.82, 2.24) is 0 Å². The van der Waals surface area contributed by atoms with Crippen molar-refractivity contribution in [2.24, 2.45) is 0 Å². The van der Waals surface area contributed by atoms with Crippen LogP contribution in [0.4, 0.5) is 0 Å². The van der Waals surface area contributed by atoms with Crippen LogP contribution in [0.2, 0.25) is 0 Å². The number of aliphatic hydroxyl groups is 7. The molecular weight excluding hydrogens is 440 g/mol. The van der Waals surface area contributed by atoms with Gasteiger partial charge < -0.3 is 54.7 Å². The Kier molecular flexibility index (Phi) is 11.3. The summed E-state index contributed by atoms with van der Waals surface area (Å²) in [6.07, 6.45) is -8.62. The highest BCUT2D eigenvalue weighted by molar-refractivity contribution is 5.02. The summed E-state index contributed by atoms with van der Waals surface area (Å²) in [6.45, 7) is 5.12. The fourth-order valence-corrected chi connectivity index (χ4v) is 3.56. The molecule has 0 aromatic rings. The molecule has 7 N–H and O–H groups in total. The molecule has 0 aromatic carbocycles. The van der Waals surface area contributed by atoms with Crippen LogP contribution in [0, 0.1) is 0 Å². The maximum absolute atomic E-state index is 10.2. The number of ether oxygens (including phenoxy) is 4. The average molecular weight is 479 g/mol. The van der Waals surface area contributed by atoms with Crippen LogP contribution in [0.25, 0.3) is 0 Å². The second kappa shape index (κ2) is 13.2. The van der Waals surface area contributed by atoms with Crippen molar-refractivity contribution in [3.63, 3.8) is 0 Å². The van der Waals surface area contributed by atoms with E-state index in [1.54, 1.807) is 0 Å². The minimum atomic E-state index is -1.62. The first-order valence-electron chi connectivity index (χ1n) is 11.1. The van der Waals surface area contributed by atoms with E-state index in [0.29, 0.717) is 0 Å². The maximum atomic E-state index is 10.2. The van der Waals surface area contributed by atoms with Gasteiger partial charge in [-0.05, 0) is 33.6 Å². The highest BCUT2D eigenvalue weighted by Crippen LogP contribution is 2.26. The summed E-state index contributed by atoms with van der Waals surface area (Å²) < 4.78 is 21.7. The standard InChI is InChI=1S/C22H38O11/c1-11(2)5-4-6-12(3)7-8-30-21-19(28)18(27)16(25)14(33-21)10-31-22-20(29)17(26)15(24)13(9-23)32-22/h5,7,13-29H,4,6,8-10H2,1-3H3/b12-7+/t13-,14-,15-,16-,17+,18+,19-,20-,21-,22-/m1/s1. The van der Waals surface area contributed by atoms with Gasteiger partial charge in [-0.25, -0.2) is 0 Å². The Labute approximate surface area is 193 Å². The van der Waals surface area contributed by atoms with E-state index in [2.05, 4.69) is 6.08 Å². The third-order valence-electron chi connectivity index (χ3n) is 5.73. The van der Waals surface area contributed by atoms with Crippen molar-refractivity contribution in [3.05, 3.63) is 23.3 Å². The topological polar surface area (TPSA) is 179 Å². The van der Waals surface area contributed by atoms with Crippen molar-refractivity contribution >= 4 is 0 Å². The minimum Gasteiger partial charge on any atom is -0.394 e. The first-order chi connectivity index (χ1) is 15.6. The number of hydrogen-bond donors (Lipinski definition) is 7. The summed E-state index contributed by atoms with van der Waals surface area (Å²) >= 11 is 0. The second-order valence-corrected chi connectivity index (χ2v) is 8.75. The smallest absolute Gasteiger partial charge is 0.187 e. The molecule has 33 heavy (non-hydrogen) atoms. The quantitative estimate of drug-likeness (QED) is 0.178. The van der Waals surface area contributed by atoms with Crippen LogP contribution in [0.15, 0.2) is 23.3 Å². The molecule has 192 valence electrons. The minimum absolute atomic E-state index is 0.117. The molecule has 2 saturated heterocycles. The van der Waals surface area contributed by atoms with E-state index in [4.69, 9.17) is 18.9 Å². The van der Waals surface area contributed by atoms with Crippen LogP contribution in [0.5, 0.6) is 0 Å². The molecule has 11 heteroatoms.